The van der Waals surface area contributed by atoms with Crippen LogP contribution in [0.5, 0.6) is 5.75 Å². The van der Waals surface area contributed by atoms with Gasteiger partial charge >= 0.3 is 0 Å². The third kappa shape index (κ3) is 6.20. The van der Waals surface area contributed by atoms with Gasteiger partial charge in [0, 0.05) is 17.8 Å². The van der Waals surface area contributed by atoms with Crippen molar-refractivity contribution in [2.24, 2.45) is 0 Å². The van der Waals surface area contributed by atoms with Crippen molar-refractivity contribution in [1.29, 1.82) is 0 Å². The van der Waals surface area contributed by atoms with Crippen molar-refractivity contribution in [3.05, 3.63) is 106 Å². The predicted molar refractivity (Wildman–Crippen MR) is 123 cm³/mol. The van der Waals surface area contributed by atoms with Gasteiger partial charge in [-0.1, -0.05) is 47.7 Å². The van der Waals surface area contributed by atoms with Crippen molar-refractivity contribution in [1.82, 2.24) is 15.5 Å². The number of ether oxygens (including phenoxy) is 1. The number of anilines is 1. The molecule has 166 valence electrons. The van der Waals surface area contributed by atoms with E-state index in [0.29, 0.717) is 28.6 Å². The fourth-order valence-corrected chi connectivity index (χ4v) is 3.53. The smallest absolute Gasteiger partial charge is 0.286 e. The highest BCUT2D eigenvalue weighted by molar-refractivity contribution is 7.13. The molecule has 0 bridgehead atoms. The van der Waals surface area contributed by atoms with Crippen molar-refractivity contribution in [3.8, 4) is 5.75 Å². The van der Waals surface area contributed by atoms with Gasteiger partial charge in [-0.15, -0.1) is 10.2 Å². The zero-order valence-electron chi connectivity index (χ0n) is 17.3. The Morgan fingerprint density at radius 1 is 0.909 bits per heavy atom. The van der Waals surface area contributed by atoms with Gasteiger partial charge in [-0.25, -0.2) is 4.39 Å². The Bertz CT molecular complexity index is 1250. The van der Waals surface area contributed by atoms with Gasteiger partial charge in [0.25, 0.3) is 11.8 Å². The normalized spacial score (nSPS) is 10.5. The van der Waals surface area contributed by atoms with E-state index in [0.717, 1.165) is 16.9 Å². The van der Waals surface area contributed by atoms with E-state index in [2.05, 4.69) is 20.8 Å². The maximum Gasteiger partial charge on any atom is 0.286 e. The van der Waals surface area contributed by atoms with Crippen LogP contribution >= 0.6 is 11.3 Å². The number of nitrogens with zero attached hydrogens (tertiary/aromatic N) is 2. The zero-order valence-corrected chi connectivity index (χ0v) is 18.1. The molecule has 0 aliphatic heterocycles. The SMILES string of the molecule is O=C(NCc1ccccc1)c1cccc(NC(=O)c2nnc(COc3ccc(F)cc3)s2)c1. The lowest BCUT2D eigenvalue weighted by molar-refractivity contribution is 0.0949. The summed E-state index contributed by atoms with van der Waals surface area (Å²) in [7, 11) is 0. The van der Waals surface area contributed by atoms with Crippen LogP contribution < -0.4 is 15.4 Å². The average Bonchev–Trinajstić information content (AvgIpc) is 3.32. The standard InChI is InChI=1S/C24H19FN4O3S/c25-18-9-11-20(12-10-18)32-15-21-28-29-24(33-21)23(31)27-19-8-4-7-17(13-19)22(30)26-14-16-5-2-1-3-6-16/h1-13H,14-15H2,(H,26,30)(H,27,31). The number of halogens is 1. The molecular formula is C24H19FN4O3S. The summed E-state index contributed by atoms with van der Waals surface area (Å²) in [5.41, 5.74) is 1.88. The highest BCUT2D eigenvalue weighted by atomic mass is 32.1. The van der Waals surface area contributed by atoms with Crippen LogP contribution in [0.25, 0.3) is 0 Å². The van der Waals surface area contributed by atoms with Crippen molar-refractivity contribution in [2.75, 3.05) is 5.32 Å². The molecule has 7 nitrogen and oxygen atoms in total. The van der Waals surface area contributed by atoms with E-state index in [9.17, 15) is 14.0 Å². The first-order valence-corrected chi connectivity index (χ1v) is 10.8. The molecule has 1 aromatic heterocycles. The third-order valence-electron chi connectivity index (χ3n) is 4.52. The lowest BCUT2D eigenvalue weighted by atomic mass is 10.1. The molecule has 1 heterocycles. The average molecular weight is 463 g/mol. The molecule has 0 saturated carbocycles. The summed E-state index contributed by atoms with van der Waals surface area (Å²) in [6.07, 6.45) is 0. The second-order valence-corrected chi connectivity index (χ2v) is 8.01. The molecule has 0 spiro atoms. The summed E-state index contributed by atoms with van der Waals surface area (Å²) in [4.78, 5) is 25.0. The van der Waals surface area contributed by atoms with Gasteiger partial charge in [0.15, 0.2) is 5.01 Å². The summed E-state index contributed by atoms with van der Waals surface area (Å²) < 4.78 is 18.5. The first-order chi connectivity index (χ1) is 16.1. The molecule has 0 aliphatic rings. The molecule has 0 saturated heterocycles. The number of nitrogens with one attached hydrogen (secondary N) is 2. The molecule has 2 amide bonds. The third-order valence-corrected chi connectivity index (χ3v) is 5.41. The molecule has 3 aromatic carbocycles. The monoisotopic (exact) mass is 462 g/mol. The predicted octanol–water partition coefficient (Wildman–Crippen LogP) is 4.44. The summed E-state index contributed by atoms with van der Waals surface area (Å²) in [5, 5.41) is 14.1. The van der Waals surface area contributed by atoms with Crippen LogP contribution in [0.3, 0.4) is 0 Å². The molecular weight excluding hydrogens is 443 g/mol. The van der Waals surface area contributed by atoms with E-state index >= 15 is 0 Å². The number of hydrogen-bond donors (Lipinski definition) is 2. The van der Waals surface area contributed by atoms with E-state index in [1.807, 2.05) is 30.3 Å². The van der Waals surface area contributed by atoms with E-state index < -0.39 is 5.91 Å². The summed E-state index contributed by atoms with van der Waals surface area (Å²) in [5.74, 6) is -0.552. The Morgan fingerprint density at radius 2 is 1.70 bits per heavy atom. The van der Waals surface area contributed by atoms with Crippen LogP contribution in [0.2, 0.25) is 0 Å². The van der Waals surface area contributed by atoms with Gasteiger partial charge in [-0.05, 0) is 48.0 Å². The number of carbonyl (C=O) groups excluding carboxylic acids is 2. The van der Waals surface area contributed by atoms with E-state index in [1.165, 1.54) is 24.3 Å². The largest absolute Gasteiger partial charge is 0.486 e. The Morgan fingerprint density at radius 3 is 2.48 bits per heavy atom. The van der Waals surface area contributed by atoms with Gasteiger partial charge in [0.05, 0.1) is 0 Å². The van der Waals surface area contributed by atoms with Crippen LogP contribution in [0.4, 0.5) is 10.1 Å². The van der Waals surface area contributed by atoms with Gasteiger partial charge in [-0.2, -0.15) is 0 Å². The van der Waals surface area contributed by atoms with Crippen molar-refractivity contribution in [2.45, 2.75) is 13.2 Å². The minimum absolute atomic E-state index is 0.105. The Kier molecular flexibility index (Phi) is 7.01. The lowest BCUT2D eigenvalue weighted by Crippen LogP contribution is -2.23. The maximum absolute atomic E-state index is 13.0. The molecule has 2 N–H and O–H groups in total. The molecule has 0 aliphatic carbocycles. The Labute approximate surface area is 193 Å². The highest BCUT2D eigenvalue weighted by Gasteiger charge is 2.15. The first-order valence-electron chi connectivity index (χ1n) is 10.0. The van der Waals surface area contributed by atoms with Crippen molar-refractivity contribution < 1.29 is 18.7 Å². The van der Waals surface area contributed by atoms with Crippen molar-refractivity contribution in [3.63, 3.8) is 0 Å². The number of benzene rings is 3. The van der Waals surface area contributed by atoms with Gasteiger partial charge in [0.1, 0.15) is 18.2 Å². The molecule has 33 heavy (non-hydrogen) atoms. The summed E-state index contributed by atoms with van der Waals surface area (Å²) in [6.45, 7) is 0.511. The minimum atomic E-state index is -0.442. The second kappa shape index (κ2) is 10.5. The summed E-state index contributed by atoms with van der Waals surface area (Å²) >= 11 is 1.09. The summed E-state index contributed by atoms with van der Waals surface area (Å²) in [6, 6.07) is 21.8. The number of aromatic nitrogens is 2. The number of carbonyl (C=O) groups is 2. The van der Waals surface area contributed by atoms with Crippen LogP contribution in [-0.2, 0) is 13.2 Å². The Hall–Kier alpha value is -4.11. The maximum atomic E-state index is 13.0. The van der Waals surface area contributed by atoms with Crippen LogP contribution in [0.15, 0.2) is 78.9 Å². The molecule has 0 fully saturated rings. The van der Waals surface area contributed by atoms with Crippen LogP contribution in [-0.4, -0.2) is 22.0 Å². The lowest BCUT2D eigenvalue weighted by Gasteiger charge is -2.08. The fraction of sp³-hybridized carbons (Fsp3) is 0.0833. The molecule has 9 heteroatoms. The topological polar surface area (TPSA) is 93.2 Å². The number of amides is 2. The number of rotatable bonds is 8. The fourth-order valence-electron chi connectivity index (χ4n) is 2.88. The van der Waals surface area contributed by atoms with Gasteiger partial charge in [-0.3, -0.25) is 9.59 Å². The molecule has 4 rings (SSSR count). The van der Waals surface area contributed by atoms with E-state index in [1.54, 1.807) is 24.3 Å². The number of hydrogen-bond acceptors (Lipinski definition) is 6. The van der Waals surface area contributed by atoms with Gasteiger partial charge in [0.2, 0.25) is 5.01 Å². The van der Waals surface area contributed by atoms with E-state index in [-0.39, 0.29) is 23.3 Å². The zero-order chi connectivity index (χ0) is 23.0. The van der Waals surface area contributed by atoms with Crippen LogP contribution in [0.1, 0.15) is 30.7 Å². The Balaban J connectivity index is 1.33. The minimum Gasteiger partial charge on any atom is -0.486 e. The first kappa shape index (κ1) is 22.1. The van der Waals surface area contributed by atoms with E-state index in [4.69, 9.17) is 4.74 Å². The molecule has 4 aromatic rings. The van der Waals surface area contributed by atoms with Gasteiger partial charge < -0.3 is 15.4 Å². The van der Waals surface area contributed by atoms with Crippen LogP contribution in [0, 0.1) is 5.82 Å². The molecule has 0 unspecified atom stereocenters. The van der Waals surface area contributed by atoms with Crippen molar-refractivity contribution >= 4 is 28.8 Å². The molecule has 0 radical (unpaired) electrons. The quantitative estimate of drug-likeness (QED) is 0.404. The second-order valence-electron chi connectivity index (χ2n) is 6.95. The highest BCUT2D eigenvalue weighted by Crippen LogP contribution is 2.18. The molecule has 0 atom stereocenters.